The maximum atomic E-state index is 12.3. The number of carbonyl (C=O) groups excluding carboxylic acids is 2. The lowest BCUT2D eigenvalue weighted by molar-refractivity contribution is -0.132. The summed E-state index contributed by atoms with van der Waals surface area (Å²) in [5, 5.41) is 0. The zero-order valence-corrected chi connectivity index (χ0v) is 11.3. The molecule has 1 aliphatic rings. The Balaban J connectivity index is 2.88. The van der Waals surface area contributed by atoms with Crippen molar-refractivity contribution >= 4 is 11.9 Å². The number of carbonyl (C=O) groups is 2. The van der Waals surface area contributed by atoms with Crippen molar-refractivity contribution in [2.75, 3.05) is 26.2 Å². The summed E-state index contributed by atoms with van der Waals surface area (Å²) < 4.78 is 0. The van der Waals surface area contributed by atoms with E-state index in [-0.39, 0.29) is 11.9 Å². The first kappa shape index (κ1) is 14.9. The van der Waals surface area contributed by atoms with Crippen molar-refractivity contribution < 1.29 is 9.59 Å². The number of hydrogen-bond donors (Lipinski definition) is 2. The van der Waals surface area contributed by atoms with E-state index in [1.54, 1.807) is 4.90 Å². The maximum Gasteiger partial charge on any atom is 0.327 e. The summed E-state index contributed by atoms with van der Waals surface area (Å²) in [5.41, 5.74) is 10.2. The minimum Gasteiger partial charge on any atom is -0.330 e. The molecule has 4 N–H and O–H groups in total. The molecule has 6 nitrogen and oxygen atoms in total. The highest BCUT2D eigenvalue weighted by Crippen LogP contribution is 2.30. The Kier molecular flexibility index (Phi) is 5.10. The van der Waals surface area contributed by atoms with E-state index in [0.717, 1.165) is 0 Å². The molecule has 1 aliphatic heterocycles. The number of urea groups is 1. The molecule has 18 heavy (non-hydrogen) atoms. The van der Waals surface area contributed by atoms with Crippen molar-refractivity contribution in [1.29, 1.82) is 0 Å². The Morgan fingerprint density at radius 2 is 1.67 bits per heavy atom. The normalized spacial score (nSPS) is 24.2. The molecule has 0 bridgehead atoms. The molecule has 1 fully saturated rings. The van der Waals surface area contributed by atoms with Crippen LogP contribution in [0.15, 0.2) is 0 Å². The van der Waals surface area contributed by atoms with Gasteiger partial charge in [0.15, 0.2) is 0 Å². The van der Waals surface area contributed by atoms with Crippen molar-refractivity contribution in [1.82, 2.24) is 9.80 Å². The summed E-state index contributed by atoms with van der Waals surface area (Å²) in [4.78, 5) is 27.6. The molecule has 104 valence electrons. The standard InChI is InChI=1S/C12H24N4O2/c1-3-12(2)10(17)15(8-4-6-13)11(18)16(12)9-5-7-14/h3-9,13-14H2,1-2H3. The van der Waals surface area contributed by atoms with E-state index in [2.05, 4.69) is 0 Å². The molecule has 3 amide bonds. The van der Waals surface area contributed by atoms with Gasteiger partial charge in [-0.15, -0.1) is 0 Å². The number of rotatable bonds is 7. The third-order valence-electron chi connectivity index (χ3n) is 3.62. The molecule has 0 aromatic rings. The fraction of sp³-hybridized carbons (Fsp3) is 0.833. The molecule has 0 aliphatic carbocycles. The lowest BCUT2D eigenvalue weighted by atomic mass is 9.97. The van der Waals surface area contributed by atoms with Gasteiger partial charge < -0.3 is 16.4 Å². The van der Waals surface area contributed by atoms with Crippen molar-refractivity contribution in [3.63, 3.8) is 0 Å². The lowest BCUT2D eigenvalue weighted by Gasteiger charge is -2.30. The van der Waals surface area contributed by atoms with Crippen LogP contribution in [0.3, 0.4) is 0 Å². The Morgan fingerprint density at radius 1 is 1.11 bits per heavy atom. The van der Waals surface area contributed by atoms with Gasteiger partial charge >= 0.3 is 6.03 Å². The summed E-state index contributed by atoms with van der Waals surface area (Å²) in [6.07, 6.45) is 1.96. The molecule has 1 unspecified atom stereocenters. The second-order valence-corrected chi connectivity index (χ2v) is 4.80. The molecule has 0 saturated carbocycles. The van der Waals surface area contributed by atoms with Gasteiger partial charge in [-0.3, -0.25) is 9.69 Å². The summed E-state index contributed by atoms with van der Waals surface area (Å²) in [6.45, 7) is 5.68. The second-order valence-electron chi connectivity index (χ2n) is 4.80. The van der Waals surface area contributed by atoms with Crippen LogP contribution in [0.1, 0.15) is 33.1 Å². The highest BCUT2D eigenvalue weighted by atomic mass is 16.2. The highest BCUT2D eigenvalue weighted by Gasteiger charge is 2.52. The first-order valence-corrected chi connectivity index (χ1v) is 6.56. The topological polar surface area (TPSA) is 92.7 Å². The van der Waals surface area contributed by atoms with Crippen LogP contribution in [0.5, 0.6) is 0 Å². The van der Waals surface area contributed by atoms with Crippen LogP contribution in [0, 0.1) is 0 Å². The van der Waals surface area contributed by atoms with Crippen molar-refractivity contribution in [2.24, 2.45) is 11.5 Å². The van der Waals surface area contributed by atoms with Crippen LogP contribution in [0.4, 0.5) is 4.79 Å². The summed E-state index contributed by atoms with van der Waals surface area (Å²) in [5.74, 6) is -0.111. The molecule has 0 aromatic carbocycles. The van der Waals surface area contributed by atoms with Crippen molar-refractivity contribution in [3.05, 3.63) is 0 Å². The van der Waals surface area contributed by atoms with E-state index in [9.17, 15) is 9.59 Å². The highest BCUT2D eigenvalue weighted by molar-refractivity contribution is 6.06. The minimum absolute atomic E-state index is 0.111. The fourth-order valence-electron chi connectivity index (χ4n) is 2.23. The van der Waals surface area contributed by atoms with Crippen LogP contribution >= 0.6 is 0 Å². The van der Waals surface area contributed by atoms with E-state index in [1.165, 1.54) is 4.90 Å². The average Bonchev–Trinajstić information content (AvgIpc) is 2.55. The Labute approximate surface area is 108 Å². The van der Waals surface area contributed by atoms with Gasteiger partial charge in [0.25, 0.3) is 5.91 Å². The van der Waals surface area contributed by atoms with E-state index >= 15 is 0 Å². The summed E-state index contributed by atoms with van der Waals surface area (Å²) in [7, 11) is 0. The van der Waals surface area contributed by atoms with Gasteiger partial charge in [0.05, 0.1) is 0 Å². The second kappa shape index (κ2) is 6.15. The maximum absolute atomic E-state index is 12.3. The Hall–Kier alpha value is -1.14. The summed E-state index contributed by atoms with van der Waals surface area (Å²) in [6, 6.07) is -0.203. The number of amides is 3. The molecule has 6 heteroatoms. The smallest absolute Gasteiger partial charge is 0.327 e. The number of imide groups is 1. The Bertz CT molecular complexity index is 321. The lowest BCUT2D eigenvalue weighted by Crippen LogP contribution is -2.47. The quantitative estimate of drug-likeness (QED) is 0.633. The largest absolute Gasteiger partial charge is 0.330 e. The molecular weight excluding hydrogens is 232 g/mol. The minimum atomic E-state index is -0.721. The molecule has 1 heterocycles. The zero-order valence-electron chi connectivity index (χ0n) is 11.3. The fourth-order valence-corrected chi connectivity index (χ4v) is 2.23. The van der Waals surface area contributed by atoms with Crippen molar-refractivity contribution in [3.8, 4) is 0 Å². The van der Waals surface area contributed by atoms with Crippen LogP contribution < -0.4 is 11.5 Å². The average molecular weight is 256 g/mol. The number of hydrogen-bond acceptors (Lipinski definition) is 4. The van der Waals surface area contributed by atoms with Gasteiger partial charge in [-0.1, -0.05) is 6.92 Å². The predicted molar refractivity (Wildman–Crippen MR) is 69.9 cm³/mol. The molecule has 0 spiro atoms. The van der Waals surface area contributed by atoms with Crippen LogP contribution in [-0.4, -0.2) is 53.5 Å². The molecule has 1 saturated heterocycles. The monoisotopic (exact) mass is 256 g/mol. The van der Waals surface area contributed by atoms with Gasteiger partial charge in [-0.2, -0.15) is 0 Å². The third kappa shape index (κ3) is 2.49. The van der Waals surface area contributed by atoms with Crippen molar-refractivity contribution in [2.45, 2.75) is 38.6 Å². The van der Waals surface area contributed by atoms with Gasteiger partial charge in [-0.25, -0.2) is 4.79 Å². The van der Waals surface area contributed by atoms with E-state index in [4.69, 9.17) is 11.5 Å². The SMILES string of the molecule is CCC1(C)C(=O)N(CCCN)C(=O)N1CCCN. The van der Waals surface area contributed by atoms with Gasteiger partial charge in [0.2, 0.25) is 0 Å². The van der Waals surface area contributed by atoms with Gasteiger partial charge in [0, 0.05) is 13.1 Å². The molecule has 0 aromatic heterocycles. The summed E-state index contributed by atoms with van der Waals surface area (Å²) >= 11 is 0. The third-order valence-corrected chi connectivity index (χ3v) is 3.62. The van der Waals surface area contributed by atoms with Crippen LogP contribution in [0.25, 0.3) is 0 Å². The van der Waals surface area contributed by atoms with E-state index < -0.39 is 5.54 Å². The molecule has 0 radical (unpaired) electrons. The molecule has 1 rings (SSSR count). The van der Waals surface area contributed by atoms with E-state index in [1.807, 2.05) is 13.8 Å². The zero-order chi connectivity index (χ0) is 13.8. The van der Waals surface area contributed by atoms with Crippen LogP contribution in [-0.2, 0) is 4.79 Å². The number of nitrogens with two attached hydrogens (primary N) is 2. The first-order chi connectivity index (χ1) is 8.52. The first-order valence-electron chi connectivity index (χ1n) is 6.56. The molecular formula is C12H24N4O2. The van der Waals surface area contributed by atoms with E-state index in [0.29, 0.717) is 45.4 Å². The van der Waals surface area contributed by atoms with Gasteiger partial charge in [-0.05, 0) is 39.3 Å². The number of nitrogens with zero attached hydrogens (tertiary/aromatic N) is 2. The predicted octanol–water partition coefficient (Wildman–Crippen LogP) is 0.117. The molecule has 1 atom stereocenters. The van der Waals surface area contributed by atoms with Gasteiger partial charge in [0.1, 0.15) is 5.54 Å². The van der Waals surface area contributed by atoms with Crippen LogP contribution in [0.2, 0.25) is 0 Å². The Morgan fingerprint density at radius 3 is 2.17 bits per heavy atom.